The fourth-order valence-corrected chi connectivity index (χ4v) is 8.88. The molecule has 2 aliphatic heterocycles. The molecule has 4 aromatic carbocycles. The van der Waals surface area contributed by atoms with E-state index < -0.39 is 15.9 Å². The van der Waals surface area contributed by atoms with Crippen molar-refractivity contribution in [1.29, 1.82) is 0 Å². The van der Waals surface area contributed by atoms with Crippen LogP contribution in [0.1, 0.15) is 23.4 Å². The topological polar surface area (TPSA) is 139 Å². The first kappa shape index (κ1) is 41.0. The fourth-order valence-electron chi connectivity index (χ4n) is 8.39. The van der Waals surface area contributed by atoms with Crippen molar-refractivity contribution in [1.82, 2.24) is 15.0 Å². The summed E-state index contributed by atoms with van der Waals surface area (Å²) >= 11 is 0. The lowest BCUT2D eigenvalue weighted by Crippen LogP contribution is -2.12. The van der Waals surface area contributed by atoms with Gasteiger partial charge in [0.2, 0.25) is 5.69 Å². The lowest BCUT2D eigenvalue weighted by atomic mass is 10.00. The van der Waals surface area contributed by atoms with Crippen LogP contribution < -0.4 is 18.9 Å². The van der Waals surface area contributed by atoms with Crippen molar-refractivity contribution in [2.45, 2.75) is 6.42 Å². The lowest BCUT2D eigenvalue weighted by molar-refractivity contribution is -0.431. The lowest BCUT2D eigenvalue weighted by Gasteiger charge is -2.09. The van der Waals surface area contributed by atoms with E-state index in [1.165, 1.54) is 0 Å². The number of fused-ring (bicyclic) bond motifs is 8. The summed E-state index contributed by atoms with van der Waals surface area (Å²) in [6.45, 7) is 0.284. The maximum atomic E-state index is 12.1. The number of ether oxygens (including phenoxy) is 4. The van der Waals surface area contributed by atoms with E-state index in [2.05, 4.69) is 50.9 Å². The van der Waals surface area contributed by atoms with Crippen molar-refractivity contribution in [2.75, 3.05) is 40.7 Å². The summed E-state index contributed by atoms with van der Waals surface area (Å²) in [4.78, 5) is 13.0. The van der Waals surface area contributed by atoms with E-state index in [9.17, 15) is 13.0 Å². The highest BCUT2D eigenvalue weighted by Crippen LogP contribution is 2.42. The summed E-state index contributed by atoms with van der Waals surface area (Å²) in [5.74, 6) is 2.38. The Morgan fingerprint density at radius 1 is 0.540 bits per heavy atom. The molecule has 3 aromatic heterocycles. The molecule has 0 saturated heterocycles. The first-order chi connectivity index (χ1) is 30.6. The zero-order chi connectivity index (χ0) is 43.7. The molecule has 8 bridgehead atoms. The zero-order valence-corrected chi connectivity index (χ0v) is 36.0. The van der Waals surface area contributed by atoms with Gasteiger partial charge in [-0.2, -0.15) is 13.0 Å². The van der Waals surface area contributed by atoms with Crippen LogP contribution >= 0.6 is 0 Å². The predicted octanol–water partition coefficient (Wildman–Crippen LogP) is 10.8. The van der Waals surface area contributed by atoms with Crippen LogP contribution in [0.2, 0.25) is 0 Å². The number of benzene rings is 4. The second-order valence-electron chi connectivity index (χ2n) is 15.2. The highest BCUT2D eigenvalue weighted by atomic mass is 32.2. The van der Waals surface area contributed by atoms with Gasteiger partial charge in [0, 0.05) is 45.7 Å². The second-order valence-corrected chi connectivity index (χ2v) is 16.7. The molecule has 2 aliphatic rings. The number of nitrogens with one attached hydrogen (secondary N) is 2. The Morgan fingerprint density at radius 2 is 0.937 bits per heavy atom. The van der Waals surface area contributed by atoms with Crippen LogP contribution in [0.25, 0.3) is 78.7 Å². The Bertz CT molecular complexity index is 3260. The molecule has 63 heavy (non-hydrogen) atoms. The molecule has 7 aromatic rings. The van der Waals surface area contributed by atoms with Gasteiger partial charge in [-0.15, -0.1) is 0 Å². The molecule has 0 amide bonds. The molecule has 9 rings (SSSR count). The quantitative estimate of drug-likeness (QED) is 0.0815. The molecule has 11 nitrogen and oxygen atoms in total. The van der Waals surface area contributed by atoms with Crippen molar-refractivity contribution in [3.63, 3.8) is 0 Å². The van der Waals surface area contributed by atoms with E-state index >= 15 is 0 Å². The van der Waals surface area contributed by atoms with Crippen LogP contribution in [0.5, 0.6) is 23.0 Å². The minimum atomic E-state index is -4.22. The van der Waals surface area contributed by atoms with Gasteiger partial charge in [0.15, 0.2) is 6.21 Å². The average molecular weight is 858 g/mol. The van der Waals surface area contributed by atoms with Crippen LogP contribution in [0.4, 0.5) is 5.69 Å². The SMILES string of the molecule is COc1cccc(-c2c3cc(c(-c4cccc(OC)c4)c4ccc([nH]4)c(-c4cccc(OC)c4)c4nc(c(-c5cccc(OC)c5)c5ccc2[nH]5)C=C4)[N+](CCCS(=O)(=O)O)=C3)c1. The van der Waals surface area contributed by atoms with Gasteiger partial charge >= 0.3 is 0 Å². The molecular formula is C51H45N4O7S+. The number of rotatable bonds is 12. The second kappa shape index (κ2) is 17.2. The Balaban J connectivity index is 1.49. The van der Waals surface area contributed by atoms with Gasteiger partial charge in [0.25, 0.3) is 10.1 Å². The molecule has 0 radical (unpaired) electrons. The van der Waals surface area contributed by atoms with E-state index in [1.807, 2.05) is 109 Å². The molecule has 0 saturated carbocycles. The van der Waals surface area contributed by atoms with Gasteiger partial charge in [-0.3, -0.25) is 4.55 Å². The van der Waals surface area contributed by atoms with Crippen molar-refractivity contribution < 1.29 is 36.5 Å². The maximum absolute atomic E-state index is 12.1. The molecule has 316 valence electrons. The number of hydrogen-bond donors (Lipinski definition) is 3. The highest BCUT2D eigenvalue weighted by Gasteiger charge is 2.27. The van der Waals surface area contributed by atoms with Crippen molar-refractivity contribution in [2.24, 2.45) is 0 Å². The molecule has 0 fully saturated rings. The summed E-state index contributed by atoms with van der Waals surface area (Å²) < 4.78 is 58.9. The highest BCUT2D eigenvalue weighted by molar-refractivity contribution is 7.85. The molecule has 3 N–H and O–H groups in total. The van der Waals surface area contributed by atoms with Crippen LogP contribution in [0.15, 0.2) is 127 Å². The summed E-state index contributed by atoms with van der Waals surface area (Å²) in [5, 5.41) is 0. The normalized spacial score (nSPS) is 12.2. The molecule has 12 heteroatoms. The third kappa shape index (κ3) is 8.33. The van der Waals surface area contributed by atoms with Crippen LogP contribution in [-0.4, -0.2) is 79.4 Å². The molecule has 5 heterocycles. The molecular weight excluding hydrogens is 813 g/mol. The Morgan fingerprint density at radius 3 is 1.37 bits per heavy atom. The van der Waals surface area contributed by atoms with Gasteiger partial charge in [0.05, 0.1) is 62.2 Å². The third-order valence-corrected chi connectivity index (χ3v) is 12.1. The average Bonchev–Trinajstić information content (AvgIpc) is 4.14. The number of hydrogen-bond acceptors (Lipinski definition) is 7. The Hall–Kier alpha value is -7.41. The van der Waals surface area contributed by atoms with Crippen molar-refractivity contribution in [3.8, 4) is 67.5 Å². The number of nitrogens with zero attached hydrogens (tertiary/aromatic N) is 2. The van der Waals surface area contributed by atoms with Gasteiger partial charge in [-0.25, -0.2) is 4.98 Å². The van der Waals surface area contributed by atoms with E-state index in [-0.39, 0.29) is 13.0 Å². The third-order valence-electron chi connectivity index (χ3n) is 11.3. The van der Waals surface area contributed by atoms with E-state index in [1.54, 1.807) is 28.4 Å². The number of aromatic nitrogens is 3. The molecule has 0 atom stereocenters. The Kier molecular flexibility index (Phi) is 11.2. The summed E-state index contributed by atoms with van der Waals surface area (Å²) in [5.41, 5.74) is 13.5. The first-order valence-corrected chi connectivity index (χ1v) is 22.0. The van der Waals surface area contributed by atoms with Crippen LogP contribution in [0.3, 0.4) is 0 Å². The molecule has 0 aliphatic carbocycles. The zero-order valence-electron chi connectivity index (χ0n) is 35.2. The summed E-state index contributed by atoms with van der Waals surface area (Å²) in [6, 6.07) is 42.0. The smallest absolute Gasteiger partial charge is 0.265 e. The van der Waals surface area contributed by atoms with Gasteiger partial charge < -0.3 is 28.9 Å². The monoisotopic (exact) mass is 857 g/mol. The maximum Gasteiger partial charge on any atom is 0.265 e. The minimum absolute atomic E-state index is 0.167. The number of methoxy groups -OCH3 is 4. The van der Waals surface area contributed by atoms with E-state index in [0.717, 1.165) is 89.2 Å². The number of H-pyrrole nitrogens is 2. The largest absolute Gasteiger partial charge is 0.497 e. The minimum Gasteiger partial charge on any atom is -0.497 e. The van der Waals surface area contributed by atoms with Gasteiger partial charge in [-0.05, 0) is 107 Å². The first-order valence-electron chi connectivity index (χ1n) is 20.4. The summed E-state index contributed by atoms with van der Waals surface area (Å²) in [6.07, 6.45) is 6.30. The Labute approximate surface area is 365 Å². The van der Waals surface area contributed by atoms with Gasteiger partial charge in [0.1, 0.15) is 29.5 Å². The number of aromatic amines is 2. The van der Waals surface area contributed by atoms with E-state index in [4.69, 9.17) is 23.9 Å². The molecule has 0 unspecified atom stereocenters. The fraction of sp³-hybridized carbons (Fsp3) is 0.137. The summed E-state index contributed by atoms with van der Waals surface area (Å²) in [7, 11) is 2.37. The van der Waals surface area contributed by atoms with Crippen LogP contribution in [-0.2, 0) is 10.1 Å². The van der Waals surface area contributed by atoms with Crippen molar-refractivity contribution >= 4 is 56.2 Å². The van der Waals surface area contributed by atoms with Crippen LogP contribution in [0, 0.1) is 0 Å². The van der Waals surface area contributed by atoms with E-state index in [0.29, 0.717) is 23.0 Å². The van der Waals surface area contributed by atoms with Gasteiger partial charge in [-0.1, -0.05) is 48.5 Å². The standard InChI is InChI=1S/C51H44N4O7S/c1-59-37-14-5-10-32(26-37)48-36-30-47(55(31-36)24-9-25-63(56,57)58)51(35-13-8-17-40(29-35)62-4)46-23-22-45(54-46)50(34-12-7-16-39(28-34)61-3)44-21-20-43(53-44)49(42-19-18-41(48)52-42)33-11-6-15-38(27-33)60-2/h5-8,10-23,26-31H,9,24-25H2,1-4H3,(H2,52,53,54,56,57,58)/p+1. The van der Waals surface area contributed by atoms with Crippen molar-refractivity contribution in [3.05, 3.63) is 144 Å². The predicted molar refractivity (Wildman–Crippen MR) is 251 cm³/mol. The molecule has 0 spiro atoms.